The van der Waals surface area contributed by atoms with Crippen LogP contribution in [-0.4, -0.2) is 15.9 Å². The zero-order chi connectivity index (χ0) is 15.7. The molecule has 2 heterocycles. The average molecular weight is 299 g/mol. The third-order valence-electron chi connectivity index (χ3n) is 3.23. The minimum absolute atomic E-state index is 0.0860. The first kappa shape index (κ1) is 14.1. The monoisotopic (exact) mass is 299 g/mol. The van der Waals surface area contributed by atoms with E-state index in [1.54, 1.807) is 31.5 Å². The zero-order valence-electron chi connectivity index (χ0n) is 11.6. The van der Waals surface area contributed by atoms with Crippen molar-refractivity contribution >= 4 is 22.5 Å². The zero-order valence-corrected chi connectivity index (χ0v) is 11.6. The molecule has 110 valence electrons. The number of fused-ring (bicyclic) bond motifs is 1. The molecular formula is C16H11F2N3O. The number of pyridine rings is 2. The summed E-state index contributed by atoms with van der Waals surface area (Å²) in [6.07, 6.45) is 3.21. The quantitative estimate of drug-likeness (QED) is 0.788. The molecule has 0 atom stereocenters. The fourth-order valence-electron chi connectivity index (χ4n) is 2.12. The van der Waals surface area contributed by atoms with Crippen molar-refractivity contribution in [2.24, 2.45) is 0 Å². The van der Waals surface area contributed by atoms with Crippen LogP contribution in [0.5, 0.6) is 0 Å². The Kier molecular flexibility index (Phi) is 3.50. The summed E-state index contributed by atoms with van der Waals surface area (Å²) in [5.41, 5.74) is 1.46. The smallest absolute Gasteiger partial charge is 0.257 e. The molecule has 0 saturated heterocycles. The summed E-state index contributed by atoms with van der Waals surface area (Å²) in [5.74, 6) is -2.05. The van der Waals surface area contributed by atoms with Crippen LogP contribution in [0.3, 0.4) is 0 Å². The average Bonchev–Trinajstić information content (AvgIpc) is 2.49. The highest BCUT2D eigenvalue weighted by atomic mass is 19.1. The van der Waals surface area contributed by atoms with Crippen molar-refractivity contribution in [2.75, 3.05) is 5.32 Å². The van der Waals surface area contributed by atoms with E-state index in [1.807, 2.05) is 0 Å². The molecule has 0 aliphatic rings. The second kappa shape index (κ2) is 5.48. The second-order valence-corrected chi connectivity index (χ2v) is 4.77. The second-order valence-electron chi connectivity index (χ2n) is 4.77. The van der Waals surface area contributed by atoms with Crippen molar-refractivity contribution in [3.05, 3.63) is 65.6 Å². The topological polar surface area (TPSA) is 54.9 Å². The number of hydrogen-bond acceptors (Lipinski definition) is 3. The van der Waals surface area contributed by atoms with Gasteiger partial charge in [-0.1, -0.05) is 0 Å². The number of halogens is 2. The minimum Gasteiger partial charge on any atom is -0.319 e. The van der Waals surface area contributed by atoms with Gasteiger partial charge >= 0.3 is 0 Å². The Balaban J connectivity index is 1.96. The van der Waals surface area contributed by atoms with E-state index in [1.165, 1.54) is 6.07 Å². The predicted octanol–water partition coefficient (Wildman–Crippen LogP) is 3.47. The number of aromatic nitrogens is 2. The van der Waals surface area contributed by atoms with E-state index in [-0.39, 0.29) is 5.69 Å². The van der Waals surface area contributed by atoms with E-state index in [2.05, 4.69) is 15.3 Å². The molecule has 0 bridgehead atoms. The van der Waals surface area contributed by atoms with Crippen LogP contribution in [0.4, 0.5) is 14.5 Å². The van der Waals surface area contributed by atoms with Gasteiger partial charge in [0.15, 0.2) is 0 Å². The van der Waals surface area contributed by atoms with Crippen molar-refractivity contribution in [2.45, 2.75) is 6.92 Å². The number of aryl methyl sites for hydroxylation is 1. The van der Waals surface area contributed by atoms with Gasteiger partial charge < -0.3 is 5.32 Å². The van der Waals surface area contributed by atoms with E-state index < -0.39 is 17.5 Å². The van der Waals surface area contributed by atoms with Gasteiger partial charge in [-0.3, -0.25) is 14.8 Å². The van der Waals surface area contributed by atoms with E-state index in [0.717, 1.165) is 11.6 Å². The number of carbonyl (C=O) groups is 1. The first-order valence-electron chi connectivity index (χ1n) is 6.52. The molecule has 3 aromatic rings. The number of carbonyl (C=O) groups excluding carboxylic acids is 1. The highest BCUT2D eigenvalue weighted by Gasteiger charge is 2.14. The molecule has 0 radical (unpaired) electrons. The van der Waals surface area contributed by atoms with Crippen LogP contribution in [0.1, 0.15) is 16.1 Å². The van der Waals surface area contributed by atoms with E-state index in [9.17, 15) is 13.6 Å². The van der Waals surface area contributed by atoms with Gasteiger partial charge in [0.25, 0.3) is 5.91 Å². The van der Waals surface area contributed by atoms with Gasteiger partial charge in [0, 0.05) is 23.8 Å². The van der Waals surface area contributed by atoms with Gasteiger partial charge in [0.2, 0.25) is 0 Å². The van der Waals surface area contributed by atoms with Crippen LogP contribution < -0.4 is 5.32 Å². The Labute approximate surface area is 124 Å². The van der Waals surface area contributed by atoms with E-state index >= 15 is 0 Å². The summed E-state index contributed by atoms with van der Waals surface area (Å²) in [4.78, 5) is 20.6. The SMILES string of the molecule is Cc1nc2ccncc2cc1C(=O)Nc1ccc(F)cc1F. The molecule has 22 heavy (non-hydrogen) atoms. The minimum atomic E-state index is -0.832. The summed E-state index contributed by atoms with van der Waals surface area (Å²) in [6, 6.07) is 6.35. The van der Waals surface area contributed by atoms with Crippen molar-refractivity contribution in [3.8, 4) is 0 Å². The molecule has 2 aromatic heterocycles. The first-order valence-corrected chi connectivity index (χ1v) is 6.52. The number of rotatable bonds is 2. The lowest BCUT2D eigenvalue weighted by Gasteiger charge is -2.09. The molecule has 4 nitrogen and oxygen atoms in total. The third kappa shape index (κ3) is 2.63. The number of benzene rings is 1. The van der Waals surface area contributed by atoms with Crippen molar-refractivity contribution in [3.63, 3.8) is 0 Å². The Bertz CT molecular complexity index is 880. The fourth-order valence-corrected chi connectivity index (χ4v) is 2.12. The maximum Gasteiger partial charge on any atom is 0.257 e. The molecule has 1 N–H and O–H groups in total. The molecule has 0 unspecified atom stereocenters. The van der Waals surface area contributed by atoms with Crippen molar-refractivity contribution in [1.29, 1.82) is 0 Å². The Morgan fingerprint density at radius 2 is 2.00 bits per heavy atom. The lowest BCUT2D eigenvalue weighted by atomic mass is 10.1. The molecule has 0 aliphatic heterocycles. The maximum absolute atomic E-state index is 13.6. The van der Waals surface area contributed by atoms with E-state index in [0.29, 0.717) is 22.7 Å². The van der Waals surface area contributed by atoms with Gasteiger partial charge in [-0.2, -0.15) is 0 Å². The van der Waals surface area contributed by atoms with Crippen molar-refractivity contribution in [1.82, 2.24) is 9.97 Å². The molecule has 0 aliphatic carbocycles. The normalized spacial score (nSPS) is 10.7. The molecule has 0 saturated carbocycles. The molecule has 1 amide bonds. The number of nitrogens with zero attached hydrogens (tertiary/aromatic N) is 2. The van der Waals surface area contributed by atoms with E-state index in [4.69, 9.17) is 0 Å². The number of amides is 1. The highest BCUT2D eigenvalue weighted by molar-refractivity contribution is 6.06. The molecule has 0 fully saturated rings. The van der Waals surface area contributed by atoms with Crippen LogP contribution >= 0.6 is 0 Å². The van der Waals surface area contributed by atoms with Crippen LogP contribution in [-0.2, 0) is 0 Å². The van der Waals surface area contributed by atoms with Crippen LogP contribution in [0, 0.1) is 18.6 Å². The summed E-state index contributed by atoms with van der Waals surface area (Å²) in [5, 5.41) is 3.12. The highest BCUT2D eigenvalue weighted by Crippen LogP contribution is 2.19. The Hall–Kier alpha value is -2.89. The third-order valence-corrected chi connectivity index (χ3v) is 3.23. The Morgan fingerprint density at radius 1 is 1.18 bits per heavy atom. The van der Waals surface area contributed by atoms with Gasteiger partial charge in [0.1, 0.15) is 11.6 Å². The van der Waals surface area contributed by atoms with Crippen molar-refractivity contribution < 1.29 is 13.6 Å². The summed E-state index contributed by atoms with van der Waals surface area (Å²) in [7, 11) is 0. The number of nitrogens with one attached hydrogen (secondary N) is 1. The Morgan fingerprint density at radius 3 is 2.77 bits per heavy atom. The van der Waals surface area contributed by atoms with Crippen LogP contribution in [0.2, 0.25) is 0 Å². The number of anilines is 1. The predicted molar refractivity (Wildman–Crippen MR) is 78.6 cm³/mol. The molecule has 0 spiro atoms. The maximum atomic E-state index is 13.6. The molecule has 6 heteroatoms. The van der Waals surface area contributed by atoms with Gasteiger partial charge in [0.05, 0.1) is 22.5 Å². The molecule has 3 rings (SSSR count). The lowest BCUT2D eigenvalue weighted by Crippen LogP contribution is -2.15. The van der Waals surface area contributed by atoms with Crippen LogP contribution in [0.15, 0.2) is 42.7 Å². The molecule has 1 aromatic carbocycles. The van der Waals surface area contributed by atoms with Gasteiger partial charge in [-0.15, -0.1) is 0 Å². The number of hydrogen-bond donors (Lipinski definition) is 1. The van der Waals surface area contributed by atoms with Gasteiger partial charge in [-0.05, 0) is 31.2 Å². The standard InChI is InChI=1S/C16H11F2N3O/c1-9-12(6-10-8-19-5-4-14(10)20-9)16(22)21-15-3-2-11(17)7-13(15)18/h2-8H,1H3,(H,21,22). The molecular weight excluding hydrogens is 288 g/mol. The summed E-state index contributed by atoms with van der Waals surface area (Å²) in [6.45, 7) is 1.69. The largest absolute Gasteiger partial charge is 0.319 e. The van der Waals surface area contributed by atoms with Gasteiger partial charge in [-0.25, -0.2) is 8.78 Å². The van der Waals surface area contributed by atoms with Crippen LogP contribution in [0.25, 0.3) is 10.9 Å². The summed E-state index contributed by atoms with van der Waals surface area (Å²) >= 11 is 0. The lowest BCUT2D eigenvalue weighted by molar-refractivity contribution is 0.102. The first-order chi connectivity index (χ1) is 10.5. The fraction of sp³-hybridized carbons (Fsp3) is 0.0625. The summed E-state index contributed by atoms with van der Waals surface area (Å²) < 4.78 is 26.5.